The van der Waals surface area contributed by atoms with Crippen LogP contribution in [0, 0.1) is 11.3 Å². The summed E-state index contributed by atoms with van der Waals surface area (Å²) in [7, 11) is 1.54. The minimum absolute atomic E-state index is 0.269. The van der Waals surface area contributed by atoms with Crippen molar-refractivity contribution in [2.75, 3.05) is 7.11 Å². The summed E-state index contributed by atoms with van der Waals surface area (Å²) in [5.41, 5.74) is 3.07. The summed E-state index contributed by atoms with van der Waals surface area (Å²) < 4.78 is 4.86. The minimum Gasteiger partial charge on any atom is -0.497 e. The predicted octanol–water partition coefficient (Wildman–Crippen LogP) is 4.62. The van der Waals surface area contributed by atoms with Gasteiger partial charge in [0.2, 0.25) is 0 Å². The Labute approximate surface area is 146 Å². The molecule has 0 spiro atoms. The van der Waals surface area contributed by atoms with E-state index in [2.05, 4.69) is 6.07 Å². The number of hydrogen-bond donors (Lipinski definition) is 1. The summed E-state index contributed by atoms with van der Waals surface area (Å²) in [6, 6.07) is 26.0. The van der Waals surface area contributed by atoms with Gasteiger partial charge in [-0.2, -0.15) is 5.26 Å². The second-order valence-corrected chi connectivity index (χ2v) is 5.06. The molecule has 3 aromatic carbocycles. The van der Waals surface area contributed by atoms with Crippen LogP contribution in [0.1, 0.15) is 15.9 Å². The van der Waals surface area contributed by atoms with Gasteiger partial charge in [-0.25, -0.2) is 4.79 Å². The van der Waals surface area contributed by atoms with Crippen molar-refractivity contribution < 1.29 is 14.6 Å². The van der Waals surface area contributed by atoms with E-state index in [1.54, 1.807) is 12.1 Å². The molecule has 1 N–H and O–H groups in total. The molecule has 0 aromatic heterocycles. The predicted molar refractivity (Wildman–Crippen MR) is 96.5 cm³/mol. The van der Waals surface area contributed by atoms with Crippen molar-refractivity contribution >= 4 is 5.97 Å². The molecule has 0 bridgehead atoms. The second-order valence-electron chi connectivity index (χ2n) is 5.06. The van der Waals surface area contributed by atoms with Gasteiger partial charge in [0, 0.05) is 0 Å². The topological polar surface area (TPSA) is 70.3 Å². The molecule has 0 atom stereocenters. The molecule has 25 heavy (non-hydrogen) atoms. The van der Waals surface area contributed by atoms with Crippen LogP contribution < -0.4 is 4.74 Å². The fourth-order valence-corrected chi connectivity index (χ4v) is 2.18. The monoisotopic (exact) mass is 331 g/mol. The average molecular weight is 331 g/mol. The van der Waals surface area contributed by atoms with Gasteiger partial charge in [0.05, 0.1) is 24.3 Å². The van der Waals surface area contributed by atoms with Gasteiger partial charge in [0.15, 0.2) is 0 Å². The van der Waals surface area contributed by atoms with Crippen molar-refractivity contribution in [1.29, 1.82) is 5.26 Å². The standard InChI is InChI=1S/C13H9N.C8H8O3/c14-10-12-8-4-5-9-13(12)11-6-2-1-3-7-11;1-11-7-4-2-6(3-5-7)8(9)10/h1-9H;2-5H,1H3,(H,9,10). The molecule has 0 heterocycles. The first-order valence-corrected chi connectivity index (χ1v) is 7.57. The second kappa shape index (κ2) is 8.90. The highest BCUT2D eigenvalue weighted by Crippen LogP contribution is 2.22. The number of nitrogens with zero attached hydrogens (tertiary/aromatic N) is 1. The Hall–Kier alpha value is -3.58. The number of carboxylic acids is 1. The molecular formula is C21H17NO3. The summed E-state index contributed by atoms with van der Waals surface area (Å²) >= 11 is 0. The van der Waals surface area contributed by atoms with Crippen LogP contribution >= 0.6 is 0 Å². The highest BCUT2D eigenvalue weighted by Gasteiger charge is 2.02. The largest absolute Gasteiger partial charge is 0.497 e. The fraction of sp³-hybridized carbons (Fsp3) is 0.0476. The highest BCUT2D eigenvalue weighted by molar-refractivity contribution is 5.87. The maximum atomic E-state index is 10.4. The maximum absolute atomic E-state index is 10.4. The Morgan fingerprint density at radius 1 is 0.920 bits per heavy atom. The lowest BCUT2D eigenvalue weighted by atomic mass is 10.0. The average Bonchev–Trinajstić information content (AvgIpc) is 2.69. The molecule has 0 fully saturated rings. The molecule has 4 nitrogen and oxygen atoms in total. The van der Waals surface area contributed by atoms with Crippen LogP contribution in [-0.2, 0) is 0 Å². The smallest absolute Gasteiger partial charge is 0.335 e. The van der Waals surface area contributed by atoms with Crippen LogP contribution in [0.2, 0.25) is 0 Å². The summed E-state index contributed by atoms with van der Waals surface area (Å²) in [5, 5.41) is 17.4. The number of hydrogen-bond acceptors (Lipinski definition) is 3. The lowest BCUT2D eigenvalue weighted by Gasteiger charge is -2.02. The van der Waals surface area contributed by atoms with E-state index in [1.807, 2.05) is 54.6 Å². The molecule has 0 aliphatic rings. The Balaban J connectivity index is 0.000000186. The number of rotatable bonds is 3. The van der Waals surface area contributed by atoms with Gasteiger partial charge in [-0.3, -0.25) is 0 Å². The zero-order chi connectivity index (χ0) is 18.1. The van der Waals surface area contributed by atoms with Gasteiger partial charge in [0.25, 0.3) is 0 Å². The molecule has 3 aromatic rings. The maximum Gasteiger partial charge on any atom is 0.335 e. The fourth-order valence-electron chi connectivity index (χ4n) is 2.18. The molecule has 0 radical (unpaired) electrons. The van der Waals surface area contributed by atoms with Crippen molar-refractivity contribution in [1.82, 2.24) is 0 Å². The van der Waals surface area contributed by atoms with Crippen LogP contribution in [-0.4, -0.2) is 18.2 Å². The molecule has 4 heteroatoms. The van der Waals surface area contributed by atoms with Gasteiger partial charge < -0.3 is 9.84 Å². The third-order valence-electron chi connectivity index (χ3n) is 3.47. The van der Waals surface area contributed by atoms with Gasteiger partial charge in [-0.15, -0.1) is 0 Å². The quantitative estimate of drug-likeness (QED) is 0.760. The molecule has 0 unspecified atom stereocenters. The number of benzene rings is 3. The van der Waals surface area contributed by atoms with E-state index >= 15 is 0 Å². The summed E-state index contributed by atoms with van der Waals surface area (Å²) in [4.78, 5) is 10.4. The molecule has 0 saturated carbocycles. The highest BCUT2D eigenvalue weighted by atomic mass is 16.5. The van der Waals surface area contributed by atoms with Crippen molar-refractivity contribution in [3.63, 3.8) is 0 Å². The van der Waals surface area contributed by atoms with Crippen LogP contribution in [0.15, 0.2) is 78.9 Å². The number of carbonyl (C=O) groups is 1. The normalized spacial score (nSPS) is 9.28. The first-order valence-electron chi connectivity index (χ1n) is 7.57. The lowest BCUT2D eigenvalue weighted by Crippen LogP contribution is -1.95. The van der Waals surface area contributed by atoms with Crippen LogP contribution in [0.25, 0.3) is 11.1 Å². The zero-order valence-corrected chi connectivity index (χ0v) is 13.7. The van der Waals surface area contributed by atoms with Gasteiger partial charge in [0.1, 0.15) is 5.75 Å². The van der Waals surface area contributed by atoms with Crippen molar-refractivity contribution in [3.8, 4) is 22.9 Å². The van der Waals surface area contributed by atoms with Crippen LogP contribution in [0.3, 0.4) is 0 Å². The molecule has 0 aliphatic carbocycles. The molecule has 0 amide bonds. The number of nitriles is 1. The molecule has 0 saturated heterocycles. The number of methoxy groups -OCH3 is 1. The van der Waals surface area contributed by atoms with E-state index in [0.717, 1.165) is 16.7 Å². The van der Waals surface area contributed by atoms with Crippen LogP contribution in [0.5, 0.6) is 5.75 Å². The van der Waals surface area contributed by atoms with Crippen LogP contribution in [0.4, 0.5) is 0 Å². The first kappa shape index (κ1) is 17.8. The molecule has 3 rings (SSSR count). The third-order valence-corrected chi connectivity index (χ3v) is 3.47. The SMILES string of the molecule is COc1ccc(C(=O)O)cc1.N#Cc1ccccc1-c1ccccc1. The molecular weight excluding hydrogens is 314 g/mol. The zero-order valence-electron chi connectivity index (χ0n) is 13.7. The number of aromatic carboxylic acids is 1. The molecule has 124 valence electrons. The van der Waals surface area contributed by atoms with E-state index in [9.17, 15) is 4.79 Å². The third kappa shape index (κ3) is 4.95. The Morgan fingerprint density at radius 2 is 1.52 bits per heavy atom. The van der Waals surface area contributed by atoms with Gasteiger partial charge in [-0.1, -0.05) is 48.5 Å². The molecule has 0 aliphatic heterocycles. The van der Waals surface area contributed by atoms with E-state index in [1.165, 1.54) is 19.2 Å². The Bertz CT molecular complexity index is 866. The lowest BCUT2D eigenvalue weighted by molar-refractivity contribution is 0.0697. The summed E-state index contributed by atoms with van der Waals surface area (Å²) in [6.07, 6.45) is 0. The Morgan fingerprint density at radius 3 is 2.08 bits per heavy atom. The van der Waals surface area contributed by atoms with E-state index in [0.29, 0.717) is 5.75 Å². The van der Waals surface area contributed by atoms with Crippen molar-refractivity contribution in [2.24, 2.45) is 0 Å². The minimum atomic E-state index is -0.923. The Kier molecular flexibility index (Phi) is 6.32. The number of carboxylic acid groups (broad SMARTS) is 1. The van der Waals surface area contributed by atoms with Gasteiger partial charge >= 0.3 is 5.97 Å². The van der Waals surface area contributed by atoms with Crippen molar-refractivity contribution in [2.45, 2.75) is 0 Å². The van der Waals surface area contributed by atoms with E-state index in [-0.39, 0.29) is 5.56 Å². The van der Waals surface area contributed by atoms with Crippen molar-refractivity contribution in [3.05, 3.63) is 90.0 Å². The number of ether oxygens (including phenoxy) is 1. The van der Waals surface area contributed by atoms with Gasteiger partial charge in [-0.05, 0) is 41.5 Å². The summed E-state index contributed by atoms with van der Waals surface area (Å²) in [6.45, 7) is 0. The first-order chi connectivity index (χ1) is 12.2. The summed E-state index contributed by atoms with van der Waals surface area (Å²) in [5.74, 6) is -0.261. The van der Waals surface area contributed by atoms with E-state index < -0.39 is 5.97 Å². The van der Waals surface area contributed by atoms with E-state index in [4.69, 9.17) is 15.1 Å².